The SMILES string of the molecule is Cc1cc(S(=O)(=O)NC2CCCCNC2=O)sc1Br. The molecule has 1 aliphatic rings. The number of amides is 1. The molecule has 0 aromatic carbocycles. The van der Waals surface area contributed by atoms with Crippen molar-refractivity contribution in [2.45, 2.75) is 36.4 Å². The molecule has 2 heterocycles. The molecule has 1 aromatic rings. The highest BCUT2D eigenvalue weighted by atomic mass is 79.9. The molecule has 0 radical (unpaired) electrons. The van der Waals surface area contributed by atoms with Crippen molar-refractivity contribution in [1.29, 1.82) is 0 Å². The Morgan fingerprint density at radius 2 is 2.21 bits per heavy atom. The van der Waals surface area contributed by atoms with Crippen LogP contribution in [-0.2, 0) is 14.8 Å². The van der Waals surface area contributed by atoms with Crippen LogP contribution in [0.25, 0.3) is 0 Å². The summed E-state index contributed by atoms with van der Waals surface area (Å²) in [4.78, 5) is 11.8. The number of sulfonamides is 1. The fourth-order valence-electron chi connectivity index (χ4n) is 1.86. The third-order valence-electron chi connectivity index (χ3n) is 2.93. The van der Waals surface area contributed by atoms with E-state index in [1.807, 2.05) is 6.92 Å². The molecule has 1 atom stereocenters. The number of halogens is 1. The summed E-state index contributed by atoms with van der Waals surface area (Å²) in [5, 5.41) is 2.71. The Labute approximate surface area is 125 Å². The highest BCUT2D eigenvalue weighted by molar-refractivity contribution is 9.11. The summed E-state index contributed by atoms with van der Waals surface area (Å²) in [7, 11) is -3.63. The molecule has 2 N–H and O–H groups in total. The predicted molar refractivity (Wildman–Crippen MR) is 77.7 cm³/mol. The molecule has 1 fully saturated rings. The van der Waals surface area contributed by atoms with E-state index in [-0.39, 0.29) is 10.1 Å². The Morgan fingerprint density at radius 3 is 2.84 bits per heavy atom. The molecule has 1 saturated heterocycles. The molecule has 0 aliphatic carbocycles. The zero-order valence-corrected chi connectivity index (χ0v) is 13.6. The molecule has 0 saturated carbocycles. The predicted octanol–water partition coefficient (Wildman–Crippen LogP) is 1.77. The summed E-state index contributed by atoms with van der Waals surface area (Å²) in [6.45, 7) is 2.44. The molecule has 1 unspecified atom stereocenters. The molecule has 0 spiro atoms. The number of nitrogens with one attached hydrogen (secondary N) is 2. The van der Waals surface area contributed by atoms with Crippen molar-refractivity contribution in [2.75, 3.05) is 6.54 Å². The zero-order chi connectivity index (χ0) is 14.0. The lowest BCUT2D eigenvalue weighted by Gasteiger charge is -2.14. The van der Waals surface area contributed by atoms with Crippen molar-refractivity contribution >= 4 is 43.2 Å². The third-order valence-corrected chi connectivity index (χ3v) is 7.01. The number of rotatable bonds is 3. The van der Waals surface area contributed by atoms with Crippen LogP contribution in [0.15, 0.2) is 14.1 Å². The van der Waals surface area contributed by atoms with Crippen molar-refractivity contribution in [2.24, 2.45) is 0 Å². The topological polar surface area (TPSA) is 75.3 Å². The van der Waals surface area contributed by atoms with Gasteiger partial charge in [0.25, 0.3) is 10.0 Å². The number of carbonyl (C=O) groups excluding carboxylic acids is 1. The molecule has 1 aromatic heterocycles. The van der Waals surface area contributed by atoms with Crippen molar-refractivity contribution in [3.05, 3.63) is 15.4 Å². The van der Waals surface area contributed by atoms with E-state index in [0.717, 1.165) is 33.5 Å². The minimum atomic E-state index is -3.63. The van der Waals surface area contributed by atoms with Gasteiger partial charge < -0.3 is 5.32 Å². The monoisotopic (exact) mass is 366 g/mol. The Hall–Kier alpha value is -0.440. The molecule has 0 bridgehead atoms. The first kappa shape index (κ1) is 15.0. The number of thiophene rings is 1. The van der Waals surface area contributed by atoms with E-state index in [4.69, 9.17) is 0 Å². The van der Waals surface area contributed by atoms with Crippen LogP contribution in [0.4, 0.5) is 0 Å². The fraction of sp³-hybridized carbons (Fsp3) is 0.545. The van der Waals surface area contributed by atoms with Crippen molar-refractivity contribution in [3.63, 3.8) is 0 Å². The lowest BCUT2D eigenvalue weighted by atomic mass is 10.1. The van der Waals surface area contributed by atoms with Gasteiger partial charge in [-0.1, -0.05) is 0 Å². The Bertz CT molecular complexity index is 563. The first-order valence-corrected chi connectivity index (χ1v) is 9.05. The van der Waals surface area contributed by atoms with Gasteiger partial charge in [-0.15, -0.1) is 11.3 Å². The van der Waals surface area contributed by atoms with Crippen LogP contribution in [0.5, 0.6) is 0 Å². The molecule has 2 rings (SSSR count). The third kappa shape index (κ3) is 3.56. The Balaban J connectivity index is 2.18. The summed E-state index contributed by atoms with van der Waals surface area (Å²) < 4.78 is 28.0. The Kier molecular flexibility index (Phi) is 4.65. The van der Waals surface area contributed by atoms with Gasteiger partial charge in [0.05, 0.1) is 3.79 Å². The van der Waals surface area contributed by atoms with Crippen LogP contribution in [0.3, 0.4) is 0 Å². The Morgan fingerprint density at radius 1 is 1.47 bits per heavy atom. The molecule has 5 nitrogen and oxygen atoms in total. The van der Waals surface area contributed by atoms with Gasteiger partial charge in [0.1, 0.15) is 10.3 Å². The van der Waals surface area contributed by atoms with Gasteiger partial charge in [-0.2, -0.15) is 4.72 Å². The molecule has 1 aliphatic heterocycles. The standard InChI is InChI=1S/C11H15BrN2O3S2/c1-7-6-9(18-10(7)12)19(16,17)14-8-4-2-3-5-13-11(8)15/h6,8,14H,2-5H2,1H3,(H,13,15). The molecular formula is C11H15BrN2O3S2. The van der Waals surface area contributed by atoms with Gasteiger partial charge in [0.15, 0.2) is 0 Å². The summed E-state index contributed by atoms with van der Waals surface area (Å²) in [6, 6.07) is 0.930. The molecular weight excluding hydrogens is 352 g/mol. The summed E-state index contributed by atoms with van der Waals surface area (Å²) >= 11 is 4.46. The summed E-state index contributed by atoms with van der Waals surface area (Å²) in [6.07, 6.45) is 2.25. The van der Waals surface area contributed by atoms with Crippen LogP contribution in [0.2, 0.25) is 0 Å². The molecule has 1 amide bonds. The second-order valence-corrected chi connectivity index (χ2v) is 8.79. The average molecular weight is 367 g/mol. The number of carbonyl (C=O) groups is 1. The van der Waals surface area contributed by atoms with Gasteiger partial charge in [0, 0.05) is 6.54 Å². The number of hydrogen-bond acceptors (Lipinski definition) is 4. The zero-order valence-electron chi connectivity index (χ0n) is 10.4. The van der Waals surface area contributed by atoms with Crippen LogP contribution in [0, 0.1) is 6.92 Å². The van der Waals surface area contributed by atoms with E-state index in [1.54, 1.807) is 6.07 Å². The second-order valence-electron chi connectivity index (χ2n) is 4.48. The van der Waals surface area contributed by atoms with Crippen LogP contribution in [-0.4, -0.2) is 26.9 Å². The first-order chi connectivity index (χ1) is 8.90. The first-order valence-electron chi connectivity index (χ1n) is 5.96. The fourth-order valence-corrected chi connectivity index (χ4v) is 5.33. The van der Waals surface area contributed by atoms with Gasteiger partial charge in [-0.05, 0) is 53.7 Å². The van der Waals surface area contributed by atoms with Gasteiger partial charge in [0.2, 0.25) is 5.91 Å². The quantitative estimate of drug-likeness (QED) is 0.855. The van der Waals surface area contributed by atoms with Crippen LogP contribution >= 0.6 is 27.3 Å². The number of hydrogen-bond donors (Lipinski definition) is 2. The van der Waals surface area contributed by atoms with E-state index in [9.17, 15) is 13.2 Å². The lowest BCUT2D eigenvalue weighted by Crippen LogP contribution is -2.45. The van der Waals surface area contributed by atoms with Crippen molar-refractivity contribution in [3.8, 4) is 0 Å². The molecule has 19 heavy (non-hydrogen) atoms. The molecule has 8 heteroatoms. The van der Waals surface area contributed by atoms with E-state index < -0.39 is 16.1 Å². The lowest BCUT2D eigenvalue weighted by molar-refractivity contribution is -0.122. The van der Waals surface area contributed by atoms with Gasteiger partial charge in [-0.25, -0.2) is 8.42 Å². The van der Waals surface area contributed by atoms with Crippen LogP contribution < -0.4 is 10.0 Å². The normalized spacial score (nSPS) is 20.9. The van der Waals surface area contributed by atoms with E-state index in [0.29, 0.717) is 13.0 Å². The van der Waals surface area contributed by atoms with Gasteiger partial charge in [-0.3, -0.25) is 4.79 Å². The minimum absolute atomic E-state index is 0.230. The highest BCUT2D eigenvalue weighted by Crippen LogP contribution is 2.30. The van der Waals surface area contributed by atoms with E-state index in [1.165, 1.54) is 0 Å². The minimum Gasteiger partial charge on any atom is -0.355 e. The maximum absolute atomic E-state index is 12.2. The van der Waals surface area contributed by atoms with Crippen LogP contribution in [0.1, 0.15) is 24.8 Å². The largest absolute Gasteiger partial charge is 0.355 e. The van der Waals surface area contributed by atoms with E-state index >= 15 is 0 Å². The maximum atomic E-state index is 12.2. The molecule has 106 valence electrons. The summed E-state index contributed by atoms with van der Waals surface area (Å²) in [5.74, 6) is -0.242. The van der Waals surface area contributed by atoms with Crippen molar-refractivity contribution < 1.29 is 13.2 Å². The number of aryl methyl sites for hydroxylation is 1. The highest BCUT2D eigenvalue weighted by Gasteiger charge is 2.28. The van der Waals surface area contributed by atoms with Gasteiger partial charge >= 0.3 is 0 Å². The maximum Gasteiger partial charge on any atom is 0.250 e. The van der Waals surface area contributed by atoms with Crippen molar-refractivity contribution in [1.82, 2.24) is 10.0 Å². The average Bonchev–Trinajstić information content (AvgIpc) is 2.55. The van der Waals surface area contributed by atoms with E-state index in [2.05, 4.69) is 26.0 Å². The smallest absolute Gasteiger partial charge is 0.250 e. The summed E-state index contributed by atoms with van der Waals surface area (Å²) in [5.41, 5.74) is 0.871. The second kappa shape index (κ2) is 5.90.